The second kappa shape index (κ2) is 6.84. The Morgan fingerprint density at radius 2 is 2.38 bits per heavy atom. The average molecular weight is 180 g/mol. The highest BCUT2D eigenvalue weighted by Crippen LogP contribution is 2.03. The number of hydrogen-bond acceptors (Lipinski definition) is 2. The van der Waals surface area contributed by atoms with Gasteiger partial charge in [0.05, 0.1) is 0 Å². The molecule has 1 aliphatic rings. The highest BCUT2D eigenvalue weighted by Gasteiger charge is 2.05. The van der Waals surface area contributed by atoms with Gasteiger partial charge in [-0.3, -0.25) is 10.3 Å². The first-order valence-corrected chi connectivity index (χ1v) is 5.33. The Morgan fingerprint density at radius 3 is 3.08 bits per heavy atom. The lowest BCUT2D eigenvalue weighted by Gasteiger charge is -2.02. The molecule has 0 aromatic rings. The molecule has 0 amide bonds. The van der Waals surface area contributed by atoms with Gasteiger partial charge in [-0.15, -0.1) is 0 Å². The molecule has 0 aliphatic carbocycles. The van der Waals surface area contributed by atoms with Gasteiger partial charge in [-0.05, 0) is 12.8 Å². The summed E-state index contributed by atoms with van der Waals surface area (Å²) in [6.45, 7) is 3.18. The van der Waals surface area contributed by atoms with E-state index in [0.717, 1.165) is 13.0 Å². The molecule has 0 saturated heterocycles. The Bertz CT molecular complexity index is 173. The van der Waals surface area contributed by atoms with Crippen LogP contribution in [0.15, 0.2) is 17.1 Å². The van der Waals surface area contributed by atoms with E-state index in [1.807, 2.05) is 6.21 Å². The molecule has 0 aromatic carbocycles. The van der Waals surface area contributed by atoms with Gasteiger partial charge in [-0.1, -0.05) is 31.9 Å². The number of hydrogen-bond donors (Lipinski definition) is 1. The van der Waals surface area contributed by atoms with Gasteiger partial charge in [-0.2, -0.15) is 0 Å². The zero-order valence-corrected chi connectivity index (χ0v) is 8.50. The molecule has 1 aliphatic heterocycles. The minimum atomic E-state index is 0.349. The maximum atomic E-state index is 4.28. The van der Waals surface area contributed by atoms with Crippen LogP contribution >= 0.6 is 0 Å². The van der Waals surface area contributed by atoms with Crippen molar-refractivity contribution in [1.82, 2.24) is 5.32 Å². The van der Waals surface area contributed by atoms with Crippen LogP contribution in [0.2, 0.25) is 0 Å². The minimum Gasteiger partial charge on any atom is -0.290 e. The van der Waals surface area contributed by atoms with Crippen molar-refractivity contribution >= 4 is 6.21 Å². The van der Waals surface area contributed by atoms with Gasteiger partial charge in [0, 0.05) is 19.2 Å². The van der Waals surface area contributed by atoms with E-state index >= 15 is 0 Å². The van der Waals surface area contributed by atoms with Crippen LogP contribution in [-0.4, -0.2) is 18.9 Å². The molecule has 1 rings (SSSR count). The number of nitrogens with one attached hydrogen (secondary N) is 1. The van der Waals surface area contributed by atoms with Crippen LogP contribution < -0.4 is 5.32 Å². The van der Waals surface area contributed by atoms with Crippen molar-refractivity contribution in [2.24, 2.45) is 4.99 Å². The summed E-state index contributed by atoms with van der Waals surface area (Å²) in [6, 6.07) is 0. The summed E-state index contributed by atoms with van der Waals surface area (Å²) in [7, 11) is 0. The number of aliphatic imine (C=N–C) groups is 1. The van der Waals surface area contributed by atoms with Crippen LogP contribution in [-0.2, 0) is 0 Å². The maximum Gasteiger partial charge on any atom is 0.103 e. The molecule has 0 spiro atoms. The van der Waals surface area contributed by atoms with Crippen molar-refractivity contribution in [2.75, 3.05) is 6.54 Å². The lowest BCUT2D eigenvalue weighted by atomic mass is 10.2. The van der Waals surface area contributed by atoms with E-state index in [1.165, 1.54) is 25.7 Å². The molecular weight excluding hydrogens is 160 g/mol. The number of rotatable bonds is 6. The van der Waals surface area contributed by atoms with Crippen LogP contribution in [0.25, 0.3) is 0 Å². The maximum absolute atomic E-state index is 4.28. The minimum absolute atomic E-state index is 0.349. The molecule has 1 unspecified atom stereocenters. The summed E-state index contributed by atoms with van der Waals surface area (Å²) in [4.78, 5) is 4.28. The molecule has 0 radical (unpaired) electrons. The second-order valence-corrected chi connectivity index (χ2v) is 3.46. The standard InChI is InChI=1S/C11H20N2/c1-2-3-4-5-6-7-8-11-12-9-10-13-11/h6-7,9,11,13H,2-5,8,10H2,1H3/b7-6+. The molecule has 2 heteroatoms. The second-order valence-electron chi connectivity index (χ2n) is 3.46. The zero-order chi connectivity index (χ0) is 9.36. The van der Waals surface area contributed by atoms with Gasteiger partial charge in [0.2, 0.25) is 0 Å². The van der Waals surface area contributed by atoms with Gasteiger partial charge in [-0.25, -0.2) is 0 Å². The number of nitrogens with zero attached hydrogens (tertiary/aromatic N) is 1. The lowest BCUT2D eigenvalue weighted by Crippen LogP contribution is -2.20. The van der Waals surface area contributed by atoms with Gasteiger partial charge in [0.1, 0.15) is 6.17 Å². The number of unbranched alkanes of at least 4 members (excludes halogenated alkanes) is 3. The lowest BCUT2D eigenvalue weighted by molar-refractivity contribution is 0.610. The van der Waals surface area contributed by atoms with Crippen LogP contribution in [0.3, 0.4) is 0 Å². The van der Waals surface area contributed by atoms with Crippen LogP contribution in [0.5, 0.6) is 0 Å². The highest BCUT2D eigenvalue weighted by molar-refractivity contribution is 5.61. The van der Waals surface area contributed by atoms with E-state index in [4.69, 9.17) is 0 Å². The van der Waals surface area contributed by atoms with E-state index in [2.05, 4.69) is 29.4 Å². The van der Waals surface area contributed by atoms with Crippen molar-refractivity contribution < 1.29 is 0 Å². The quantitative estimate of drug-likeness (QED) is 0.493. The van der Waals surface area contributed by atoms with Gasteiger partial charge in [0.15, 0.2) is 0 Å². The molecule has 1 N–H and O–H groups in total. The first-order valence-electron chi connectivity index (χ1n) is 5.33. The first-order chi connectivity index (χ1) is 6.43. The van der Waals surface area contributed by atoms with Gasteiger partial charge < -0.3 is 0 Å². The third-order valence-corrected chi connectivity index (χ3v) is 2.23. The molecule has 0 aromatic heterocycles. The van der Waals surface area contributed by atoms with Crippen molar-refractivity contribution in [3.63, 3.8) is 0 Å². The van der Waals surface area contributed by atoms with E-state index in [0.29, 0.717) is 6.17 Å². The smallest absolute Gasteiger partial charge is 0.103 e. The van der Waals surface area contributed by atoms with Crippen molar-refractivity contribution in [2.45, 2.75) is 45.2 Å². The summed E-state index contributed by atoms with van der Waals surface area (Å²) in [5.74, 6) is 0. The largest absolute Gasteiger partial charge is 0.290 e. The summed E-state index contributed by atoms with van der Waals surface area (Å²) < 4.78 is 0. The summed E-state index contributed by atoms with van der Waals surface area (Å²) >= 11 is 0. The third-order valence-electron chi connectivity index (χ3n) is 2.23. The monoisotopic (exact) mass is 180 g/mol. The number of allylic oxidation sites excluding steroid dienone is 1. The van der Waals surface area contributed by atoms with E-state index in [9.17, 15) is 0 Å². The fraction of sp³-hybridized carbons (Fsp3) is 0.727. The Kier molecular flexibility index (Phi) is 5.50. The third kappa shape index (κ3) is 4.83. The first kappa shape index (κ1) is 10.5. The Morgan fingerprint density at radius 1 is 1.46 bits per heavy atom. The highest BCUT2D eigenvalue weighted by atomic mass is 15.1. The fourth-order valence-electron chi connectivity index (χ4n) is 1.42. The van der Waals surface area contributed by atoms with Crippen molar-refractivity contribution in [3.05, 3.63) is 12.2 Å². The predicted molar refractivity (Wildman–Crippen MR) is 58.2 cm³/mol. The summed E-state index contributed by atoms with van der Waals surface area (Å²) in [6.07, 6.45) is 13.1. The molecule has 1 heterocycles. The zero-order valence-electron chi connectivity index (χ0n) is 8.50. The van der Waals surface area contributed by atoms with Gasteiger partial charge in [0.25, 0.3) is 0 Å². The fourth-order valence-corrected chi connectivity index (χ4v) is 1.42. The molecule has 74 valence electrons. The molecule has 13 heavy (non-hydrogen) atoms. The van der Waals surface area contributed by atoms with E-state index in [-0.39, 0.29) is 0 Å². The van der Waals surface area contributed by atoms with Crippen LogP contribution in [0.1, 0.15) is 39.0 Å². The van der Waals surface area contributed by atoms with Crippen LogP contribution in [0.4, 0.5) is 0 Å². The molecule has 2 nitrogen and oxygen atoms in total. The Balaban J connectivity index is 1.94. The predicted octanol–water partition coefficient (Wildman–Crippen LogP) is 2.51. The van der Waals surface area contributed by atoms with E-state index < -0.39 is 0 Å². The molecule has 0 fully saturated rings. The topological polar surface area (TPSA) is 24.4 Å². The Labute approximate surface area is 81.1 Å². The van der Waals surface area contributed by atoms with Crippen molar-refractivity contribution in [1.29, 1.82) is 0 Å². The average Bonchev–Trinajstić information content (AvgIpc) is 2.63. The normalized spacial score (nSPS) is 21.8. The van der Waals surface area contributed by atoms with E-state index in [1.54, 1.807) is 0 Å². The summed E-state index contributed by atoms with van der Waals surface area (Å²) in [5.41, 5.74) is 0. The SMILES string of the molecule is CCCCC/C=C/CC1N=CCN1. The molecule has 0 bridgehead atoms. The molecular formula is C11H20N2. The van der Waals surface area contributed by atoms with Crippen molar-refractivity contribution in [3.8, 4) is 0 Å². The molecule has 1 atom stereocenters. The Hall–Kier alpha value is -0.630. The van der Waals surface area contributed by atoms with Gasteiger partial charge >= 0.3 is 0 Å². The molecule has 0 saturated carbocycles. The summed E-state index contributed by atoms with van der Waals surface area (Å²) in [5, 5.41) is 3.29. The van der Waals surface area contributed by atoms with Crippen LogP contribution in [0, 0.1) is 0 Å².